The quantitative estimate of drug-likeness (QED) is 0.251. The smallest absolute Gasteiger partial charge is 0.405 e. The van der Waals surface area contributed by atoms with E-state index in [1.54, 1.807) is 12.1 Å². The second-order valence-electron chi connectivity index (χ2n) is 9.28. The Labute approximate surface area is 225 Å². The van der Waals surface area contributed by atoms with Crippen LogP contribution in [0, 0.1) is 0 Å². The average Bonchev–Trinajstić information content (AvgIpc) is 3.06. The van der Waals surface area contributed by atoms with E-state index in [1.165, 1.54) is 12.1 Å². The Balaban J connectivity index is 1.62. The first kappa shape index (κ1) is 28.5. The van der Waals surface area contributed by atoms with Crippen LogP contribution in [-0.2, 0) is 36.3 Å². The molecular formula is C28H31F2O6S2+. The zero-order valence-corrected chi connectivity index (χ0v) is 23.0. The molecule has 1 saturated heterocycles. The van der Waals surface area contributed by atoms with Gasteiger partial charge in [-0.3, -0.25) is 4.55 Å². The summed E-state index contributed by atoms with van der Waals surface area (Å²) in [4.78, 5) is 3.00. The second-order valence-corrected chi connectivity index (χ2v) is 12.8. The fraction of sp³-hybridized carbons (Fsp3) is 0.357. The molecule has 0 amide bonds. The molecule has 6 nitrogen and oxygen atoms in total. The maximum absolute atomic E-state index is 13.9. The van der Waals surface area contributed by atoms with Crippen molar-refractivity contribution in [2.24, 2.45) is 0 Å². The first-order valence-electron chi connectivity index (χ1n) is 12.2. The summed E-state index contributed by atoms with van der Waals surface area (Å²) >= 11 is 0. The minimum Gasteiger partial charge on any atom is -0.483 e. The third-order valence-corrected chi connectivity index (χ3v) is 9.59. The maximum Gasteiger partial charge on any atom is 0.405 e. The first-order chi connectivity index (χ1) is 17.9. The van der Waals surface area contributed by atoms with E-state index in [0.717, 1.165) is 40.0 Å². The maximum atomic E-state index is 13.9. The van der Waals surface area contributed by atoms with Gasteiger partial charge in [0.05, 0.1) is 23.6 Å². The summed E-state index contributed by atoms with van der Waals surface area (Å²) in [6, 6.07) is 24.5. The Bertz CT molecular complexity index is 1320. The molecule has 0 saturated carbocycles. The normalized spacial score (nSPS) is 22.3. The van der Waals surface area contributed by atoms with Crippen molar-refractivity contribution < 1.29 is 36.0 Å². The van der Waals surface area contributed by atoms with Gasteiger partial charge in [-0.05, 0) is 94.3 Å². The third kappa shape index (κ3) is 6.21. The summed E-state index contributed by atoms with van der Waals surface area (Å²) in [5, 5.41) is -4.44. The van der Waals surface area contributed by atoms with E-state index in [0.29, 0.717) is 6.61 Å². The lowest BCUT2D eigenvalue weighted by Gasteiger charge is -2.30. The lowest BCUT2D eigenvalue weighted by molar-refractivity contribution is -0.240. The molecule has 38 heavy (non-hydrogen) atoms. The number of alkyl halides is 2. The van der Waals surface area contributed by atoms with Gasteiger partial charge in [-0.1, -0.05) is 18.2 Å². The Morgan fingerprint density at radius 2 is 1.55 bits per heavy atom. The molecule has 204 valence electrons. The Morgan fingerprint density at radius 3 is 2.13 bits per heavy atom. The van der Waals surface area contributed by atoms with Gasteiger partial charge in [0.15, 0.2) is 26.6 Å². The van der Waals surface area contributed by atoms with Gasteiger partial charge >= 0.3 is 15.4 Å². The van der Waals surface area contributed by atoms with E-state index in [9.17, 15) is 17.2 Å². The van der Waals surface area contributed by atoms with Crippen LogP contribution < -0.4 is 4.74 Å². The summed E-state index contributed by atoms with van der Waals surface area (Å²) in [5.74, 6) is -0.777. The fourth-order valence-corrected chi connectivity index (χ4v) is 6.79. The molecule has 1 aliphatic rings. The first-order valence-corrected chi connectivity index (χ1v) is 14.9. The van der Waals surface area contributed by atoms with Gasteiger partial charge in [-0.15, -0.1) is 0 Å². The minimum absolute atomic E-state index is 0.0567. The average molecular weight is 566 g/mol. The Morgan fingerprint density at radius 1 is 1.00 bits per heavy atom. The lowest BCUT2D eigenvalue weighted by atomic mass is 10.1. The van der Waals surface area contributed by atoms with Gasteiger partial charge in [0.1, 0.15) is 5.75 Å². The predicted octanol–water partition coefficient (Wildman–Crippen LogP) is 6.42. The number of rotatable bonds is 8. The van der Waals surface area contributed by atoms with Crippen LogP contribution >= 0.6 is 0 Å². The van der Waals surface area contributed by atoms with Crippen molar-refractivity contribution in [2.75, 3.05) is 6.61 Å². The van der Waals surface area contributed by atoms with Crippen LogP contribution in [0.3, 0.4) is 0 Å². The SMILES string of the molecule is CC1CCCOC(C)(c2ccc([S+](c3ccccc3)c3ccc(OC(C)C(F)(F)S(=O)(=O)O)cc3)cc2)O1. The van der Waals surface area contributed by atoms with E-state index >= 15 is 0 Å². The van der Waals surface area contributed by atoms with Crippen LogP contribution in [-0.4, -0.2) is 37.0 Å². The molecule has 0 aromatic heterocycles. The van der Waals surface area contributed by atoms with Crippen molar-refractivity contribution >= 4 is 21.0 Å². The van der Waals surface area contributed by atoms with E-state index in [2.05, 4.69) is 0 Å². The van der Waals surface area contributed by atoms with Gasteiger partial charge in [-0.25, -0.2) is 0 Å². The molecule has 0 bridgehead atoms. The molecule has 0 spiro atoms. The van der Waals surface area contributed by atoms with Crippen molar-refractivity contribution in [2.45, 2.75) is 71.5 Å². The molecule has 4 atom stereocenters. The van der Waals surface area contributed by atoms with Crippen molar-refractivity contribution in [1.82, 2.24) is 0 Å². The van der Waals surface area contributed by atoms with Crippen molar-refractivity contribution in [1.29, 1.82) is 0 Å². The highest BCUT2D eigenvalue weighted by Gasteiger charge is 2.51. The molecule has 1 heterocycles. The summed E-state index contributed by atoms with van der Waals surface area (Å²) in [5.41, 5.74) is 0.920. The van der Waals surface area contributed by atoms with Gasteiger partial charge in [-0.2, -0.15) is 17.2 Å². The summed E-state index contributed by atoms with van der Waals surface area (Å²) in [7, 11) is -6.14. The van der Waals surface area contributed by atoms with Gasteiger partial charge in [0.2, 0.25) is 0 Å². The second kappa shape index (κ2) is 11.3. The Kier molecular flexibility index (Phi) is 8.49. The molecule has 4 unspecified atom stereocenters. The van der Waals surface area contributed by atoms with E-state index in [1.807, 2.05) is 68.4 Å². The van der Waals surface area contributed by atoms with Crippen LogP contribution in [0.1, 0.15) is 39.2 Å². The largest absolute Gasteiger partial charge is 0.483 e. The van der Waals surface area contributed by atoms with E-state index in [4.69, 9.17) is 18.8 Å². The molecule has 1 aliphatic heterocycles. The number of hydrogen-bond acceptors (Lipinski definition) is 5. The number of ether oxygens (including phenoxy) is 3. The van der Waals surface area contributed by atoms with Crippen molar-refractivity contribution in [3.05, 3.63) is 84.4 Å². The van der Waals surface area contributed by atoms with Crippen molar-refractivity contribution in [3.8, 4) is 5.75 Å². The monoisotopic (exact) mass is 565 g/mol. The third-order valence-electron chi connectivity index (χ3n) is 6.34. The van der Waals surface area contributed by atoms with E-state index in [-0.39, 0.29) is 11.9 Å². The van der Waals surface area contributed by atoms with Gasteiger partial charge in [0.25, 0.3) is 0 Å². The van der Waals surface area contributed by atoms with E-state index < -0.39 is 38.2 Å². The van der Waals surface area contributed by atoms with Crippen LogP contribution in [0.2, 0.25) is 0 Å². The zero-order valence-electron chi connectivity index (χ0n) is 21.3. The molecule has 3 aromatic rings. The van der Waals surface area contributed by atoms with Crippen LogP contribution in [0.5, 0.6) is 5.75 Å². The number of halogens is 2. The highest BCUT2D eigenvalue weighted by atomic mass is 32.2. The molecule has 10 heteroatoms. The molecule has 1 fully saturated rings. The topological polar surface area (TPSA) is 82.1 Å². The number of benzene rings is 3. The highest BCUT2D eigenvalue weighted by Crippen LogP contribution is 2.36. The number of hydrogen-bond donors (Lipinski definition) is 1. The van der Waals surface area contributed by atoms with Gasteiger partial charge < -0.3 is 14.2 Å². The standard InChI is InChI=1S/C28H30F2O6S2/c1-20-8-7-19-34-27(3,36-20)22-11-15-25(16-12-22)37(24-9-5-4-6-10-24)26-17-13-23(14-18-26)35-21(2)28(29,30)38(31,32)33/h4-6,9-18,20-21H,7-8,19H2,1-3H3/p+1. The fourth-order valence-electron chi connectivity index (χ4n) is 4.26. The summed E-state index contributed by atoms with van der Waals surface area (Å²) in [6.45, 7) is 5.50. The summed E-state index contributed by atoms with van der Waals surface area (Å²) in [6.07, 6.45) is -0.113. The molecular weight excluding hydrogens is 534 g/mol. The van der Waals surface area contributed by atoms with Crippen LogP contribution in [0.15, 0.2) is 93.5 Å². The molecule has 0 aliphatic carbocycles. The van der Waals surface area contributed by atoms with Crippen molar-refractivity contribution in [3.63, 3.8) is 0 Å². The minimum atomic E-state index is -5.61. The van der Waals surface area contributed by atoms with Crippen LogP contribution in [0.25, 0.3) is 0 Å². The molecule has 1 N–H and O–H groups in total. The predicted molar refractivity (Wildman–Crippen MR) is 141 cm³/mol. The van der Waals surface area contributed by atoms with Gasteiger partial charge in [0, 0.05) is 5.56 Å². The molecule has 0 radical (unpaired) electrons. The van der Waals surface area contributed by atoms with Crippen LogP contribution in [0.4, 0.5) is 8.78 Å². The molecule has 3 aromatic carbocycles. The highest BCUT2D eigenvalue weighted by molar-refractivity contribution is 7.97. The molecule has 4 rings (SSSR count). The lowest BCUT2D eigenvalue weighted by Crippen LogP contribution is -2.42. The zero-order chi connectivity index (χ0) is 27.6. The summed E-state index contributed by atoms with van der Waals surface area (Å²) < 4.78 is 76.2. The Hall–Kier alpha value is -2.50.